The van der Waals surface area contributed by atoms with Crippen LogP contribution in [-0.4, -0.2) is 19.6 Å². The highest BCUT2D eigenvalue weighted by molar-refractivity contribution is 9.08. The molecule has 0 fully saturated rings. The van der Waals surface area contributed by atoms with E-state index < -0.39 is 13.0 Å². The van der Waals surface area contributed by atoms with Crippen molar-refractivity contribution in [3.8, 4) is 5.75 Å². The Balaban J connectivity index is 2.46. The number of halogens is 5. The molecular weight excluding hydrogens is 324 g/mol. The van der Waals surface area contributed by atoms with Crippen LogP contribution in [0.4, 0.5) is 13.2 Å². The Morgan fingerprint density at radius 2 is 1.94 bits per heavy atom. The first kappa shape index (κ1) is 14.6. The third kappa shape index (κ3) is 5.61. The predicted molar refractivity (Wildman–Crippen MR) is 61.6 cm³/mol. The van der Waals surface area contributed by atoms with Crippen molar-refractivity contribution in [3.05, 3.63) is 28.8 Å². The first-order valence-corrected chi connectivity index (χ1v) is 6.10. The smallest absolute Gasteiger partial charge is 0.491 e. The first-order chi connectivity index (χ1) is 7.92. The molecule has 0 aromatic heterocycles. The molecule has 0 radical (unpaired) electrons. The first-order valence-electron chi connectivity index (χ1n) is 4.60. The fraction of sp³-hybridized carbons (Fsp3) is 0.400. The second-order valence-electron chi connectivity index (χ2n) is 3.03. The summed E-state index contributed by atoms with van der Waals surface area (Å²) in [7, 11) is 0. The molecule has 0 saturated heterocycles. The molecule has 0 heterocycles. The van der Waals surface area contributed by atoms with E-state index in [0.29, 0.717) is 16.1 Å². The maximum atomic E-state index is 11.7. The van der Waals surface area contributed by atoms with Crippen molar-refractivity contribution >= 4 is 27.5 Å². The Kier molecular flexibility index (Phi) is 5.55. The summed E-state index contributed by atoms with van der Waals surface area (Å²) in [4.78, 5) is 0. The minimum atomic E-state index is -4.62. The van der Waals surface area contributed by atoms with Gasteiger partial charge in [-0.05, 0) is 18.2 Å². The van der Waals surface area contributed by atoms with E-state index in [1.54, 1.807) is 18.2 Å². The van der Waals surface area contributed by atoms with Gasteiger partial charge in [0.1, 0.15) is 12.4 Å². The van der Waals surface area contributed by atoms with E-state index in [1.807, 2.05) is 0 Å². The molecule has 96 valence electrons. The molecule has 7 heteroatoms. The molecule has 0 aliphatic rings. The minimum Gasteiger partial charge on any atom is -0.491 e. The molecule has 1 aromatic rings. The number of benzene rings is 1. The Morgan fingerprint density at radius 1 is 1.24 bits per heavy atom. The third-order valence-corrected chi connectivity index (χ3v) is 2.61. The van der Waals surface area contributed by atoms with E-state index in [1.165, 1.54) is 0 Å². The van der Waals surface area contributed by atoms with Gasteiger partial charge in [0.25, 0.3) is 0 Å². The monoisotopic (exact) mass is 332 g/mol. The van der Waals surface area contributed by atoms with Crippen LogP contribution >= 0.6 is 27.5 Å². The molecule has 0 aliphatic carbocycles. The van der Waals surface area contributed by atoms with Gasteiger partial charge in [-0.1, -0.05) is 27.5 Å². The average Bonchev–Trinajstić information content (AvgIpc) is 2.24. The molecule has 0 atom stereocenters. The summed E-state index contributed by atoms with van der Waals surface area (Å²) in [6.45, 7) is -0.727. The van der Waals surface area contributed by atoms with Gasteiger partial charge in [0.2, 0.25) is 0 Å². The lowest BCUT2D eigenvalue weighted by molar-refractivity contribution is -0.325. The molecule has 0 amide bonds. The van der Waals surface area contributed by atoms with Gasteiger partial charge < -0.3 is 4.74 Å². The number of hydrogen-bond donors (Lipinski definition) is 0. The van der Waals surface area contributed by atoms with Gasteiger partial charge in [-0.25, -0.2) is 0 Å². The maximum Gasteiger partial charge on any atom is 0.522 e. The zero-order valence-corrected chi connectivity index (χ0v) is 10.9. The predicted octanol–water partition coefficient (Wildman–Crippen LogP) is 4.15. The van der Waals surface area contributed by atoms with Gasteiger partial charge in [-0.3, -0.25) is 4.74 Å². The topological polar surface area (TPSA) is 18.5 Å². The number of hydrogen-bond acceptors (Lipinski definition) is 2. The van der Waals surface area contributed by atoms with E-state index in [-0.39, 0.29) is 6.61 Å². The Morgan fingerprint density at radius 3 is 2.53 bits per heavy atom. The lowest BCUT2D eigenvalue weighted by Crippen LogP contribution is -2.18. The molecule has 17 heavy (non-hydrogen) atoms. The summed E-state index contributed by atoms with van der Waals surface area (Å²) in [5.74, 6) is 0.483. The Hall–Kier alpha value is -0.460. The maximum absolute atomic E-state index is 11.7. The molecule has 1 aromatic carbocycles. The Labute approximate surface area is 110 Å². The molecule has 0 N–H and O–H groups in total. The summed E-state index contributed by atoms with van der Waals surface area (Å²) in [5, 5.41) is 1.04. The second kappa shape index (κ2) is 6.47. The minimum absolute atomic E-state index is 0.179. The quantitative estimate of drug-likeness (QED) is 0.595. The molecule has 0 aliphatic heterocycles. The van der Waals surface area contributed by atoms with E-state index in [4.69, 9.17) is 16.3 Å². The molecule has 2 nitrogen and oxygen atoms in total. The highest BCUT2D eigenvalue weighted by Gasteiger charge is 2.28. The summed E-state index contributed by atoms with van der Waals surface area (Å²) in [6, 6.07) is 4.89. The molecule has 0 saturated carbocycles. The van der Waals surface area contributed by atoms with E-state index in [0.717, 1.165) is 5.56 Å². The van der Waals surface area contributed by atoms with Crippen molar-refractivity contribution < 1.29 is 22.6 Å². The highest BCUT2D eigenvalue weighted by atomic mass is 79.9. The lowest BCUT2D eigenvalue weighted by Gasteiger charge is -2.11. The number of rotatable bonds is 5. The van der Waals surface area contributed by atoms with Crippen molar-refractivity contribution in [1.29, 1.82) is 0 Å². The van der Waals surface area contributed by atoms with E-state index >= 15 is 0 Å². The van der Waals surface area contributed by atoms with Gasteiger partial charge in [0.15, 0.2) is 0 Å². The van der Waals surface area contributed by atoms with Crippen molar-refractivity contribution in [2.24, 2.45) is 0 Å². The van der Waals surface area contributed by atoms with E-state index in [9.17, 15) is 13.2 Å². The number of alkyl halides is 4. The van der Waals surface area contributed by atoms with Crippen molar-refractivity contribution in [3.63, 3.8) is 0 Å². The second-order valence-corrected chi connectivity index (χ2v) is 4.03. The van der Waals surface area contributed by atoms with Crippen molar-refractivity contribution in [2.45, 2.75) is 11.7 Å². The van der Waals surface area contributed by atoms with Crippen molar-refractivity contribution in [1.82, 2.24) is 0 Å². The van der Waals surface area contributed by atoms with Crippen LogP contribution < -0.4 is 4.74 Å². The standard InChI is InChI=1S/C10H9BrClF3O2/c11-6-7-5-8(12)1-2-9(7)16-3-4-17-10(13,14)15/h1-2,5H,3-4,6H2. The molecule has 0 spiro atoms. The van der Waals surface area contributed by atoms with Gasteiger partial charge in [-0.2, -0.15) is 0 Å². The van der Waals surface area contributed by atoms with Crippen LogP contribution in [0.1, 0.15) is 5.56 Å². The van der Waals surface area contributed by atoms with Crippen molar-refractivity contribution in [2.75, 3.05) is 13.2 Å². The normalized spacial score (nSPS) is 11.6. The van der Waals surface area contributed by atoms with Crippen LogP contribution in [0.15, 0.2) is 18.2 Å². The van der Waals surface area contributed by atoms with Crippen LogP contribution in [-0.2, 0) is 10.1 Å². The molecule has 0 unspecified atom stereocenters. The van der Waals surface area contributed by atoms with E-state index in [2.05, 4.69) is 20.7 Å². The van der Waals surface area contributed by atoms with Crippen LogP contribution in [0, 0.1) is 0 Å². The van der Waals surface area contributed by atoms with Gasteiger partial charge >= 0.3 is 6.36 Å². The highest BCUT2D eigenvalue weighted by Crippen LogP contribution is 2.25. The zero-order valence-electron chi connectivity index (χ0n) is 8.56. The zero-order chi connectivity index (χ0) is 12.9. The average molecular weight is 334 g/mol. The Bertz CT molecular complexity index is 371. The molecule has 1 rings (SSSR count). The molecular formula is C10H9BrClF3O2. The van der Waals surface area contributed by atoms with Gasteiger partial charge in [0, 0.05) is 15.9 Å². The SMILES string of the molecule is FC(F)(F)OCCOc1ccc(Cl)cc1CBr. The molecule has 0 bridgehead atoms. The van der Waals surface area contributed by atoms with Crippen LogP contribution in [0.25, 0.3) is 0 Å². The lowest BCUT2D eigenvalue weighted by atomic mass is 10.2. The van der Waals surface area contributed by atoms with Crippen LogP contribution in [0.3, 0.4) is 0 Å². The van der Waals surface area contributed by atoms with Gasteiger partial charge in [-0.15, -0.1) is 13.2 Å². The summed E-state index contributed by atoms with van der Waals surface area (Å²) >= 11 is 9.00. The van der Waals surface area contributed by atoms with Gasteiger partial charge in [0.05, 0.1) is 6.61 Å². The largest absolute Gasteiger partial charge is 0.522 e. The van der Waals surface area contributed by atoms with Crippen LogP contribution in [0.5, 0.6) is 5.75 Å². The third-order valence-electron chi connectivity index (χ3n) is 1.77. The summed E-state index contributed by atoms with van der Waals surface area (Å²) < 4.78 is 43.8. The fourth-order valence-corrected chi connectivity index (χ4v) is 1.74. The van der Waals surface area contributed by atoms with Crippen LogP contribution in [0.2, 0.25) is 5.02 Å². The summed E-state index contributed by atoms with van der Waals surface area (Å²) in [6.07, 6.45) is -4.62. The fourth-order valence-electron chi connectivity index (χ4n) is 1.10. The summed E-state index contributed by atoms with van der Waals surface area (Å²) in [5.41, 5.74) is 0.768. The number of ether oxygens (including phenoxy) is 2.